The summed E-state index contributed by atoms with van der Waals surface area (Å²) in [6, 6.07) is 16.2. The van der Waals surface area contributed by atoms with Crippen molar-refractivity contribution in [3.05, 3.63) is 82.8 Å². The van der Waals surface area contributed by atoms with Crippen LogP contribution in [0.1, 0.15) is 18.5 Å². The number of hydrogen-bond acceptors (Lipinski definition) is 6. The van der Waals surface area contributed by atoms with Gasteiger partial charge in [-0.3, -0.25) is 9.59 Å². The number of anilines is 2. The first-order valence-electron chi connectivity index (χ1n) is 10.2. The third-order valence-corrected chi connectivity index (χ3v) is 5.16. The van der Waals surface area contributed by atoms with Gasteiger partial charge in [-0.1, -0.05) is 18.2 Å². The van der Waals surface area contributed by atoms with Gasteiger partial charge >= 0.3 is 0 Å². The van der Waals surface area contributed by atoms with Gasteiger partial charge in [0.05, 0.1) is 12.8 Å². The molecule has 2 heterocycles. The second-order valence-corrected chi connectivity index (χ2v) is 7.22. The lowest BCUT2D eigenvalue weighted by molar-refractivity contribution is -0.117. The van der Waals surface area contributed by atoms with Crippen molar-refractivity contribution in [3.63, 3.8) is 0 Å². The number of para-hydroxylation sites is 1. The van der Waals surface area contributed by atoms with E-state index in [1.165, 1.54) is 12.1 Å². The lowest BCUT2D eigenvalue weighted by atomic mass is 10.2. The van der Waals surface area contributed by atoms with Crippen molar-refractivity contribution in [3.8, 4) is 11.4 Å². The fourth-order valence-corrected chi connectivity index (χ4v) is 3.61. The fraction of sp³-hybridized carbons (Fsp3) is 0.167. The molecule has 0 radical (unpaired) electrons. The van der Waals surface area contributed by atoms with Gasteiger partial charge in [-0.15, -0.1) is 0 Å². The number of hydrogen-bond donors (Lipinski definition) is 2. The average Bonchev–Trinajstić information content (AvgIpc) is 3.25. The Morgan fingerprint density at radius 1 is 1.16 bits per heavy atom. The molecule has 1 saturated heterocycles. The van der Waals surface area contributed by atoms with E-state index in [1.807, 2.05) is 42.5 Å². The Morgan fingerprint density at radius 2 is 1.97 bits per heavy atom. The van der Waals surface area contributed by atoms with Crippen molar-refractivity contribution in [1.82, 2.24) is 9.78 Å². The number of carbonyl (C=O) groups excluding carboxylic acids is 1. The summed E-state index contributed by atoms with van der Waals surface area (Å²) in [4.78, 5) is 26.5. The number of nitrogens with zero attached hydrogens (tertiary/aromatic N) is 3. The SMILES string of the molecule is COc1cc(N2CCCC2=O)ccc1-n1ccc(=O)c(/C(=C/C=N)Nc2ccccc2)n1. The van der Waals surface area contributed by atoms with E-state index < -0.39 is 0 Å². The molecular weight excluding hydrogens is 406 g/mol. The molecule has 1 aliphatic heterocycles. The van der Waals surface area contributed by atoms with Crippen LogP contribution in [0.5, 0.6) is 5.75 Å². The average molecular weight is 429 g/mol. The monoisotopic (exact) mass is 429 g/mol. The van der Waals surface area contributed by atoms with Crippen LogP contribution in [-0.2, 0) is 4.79 Å². The molecule has 1 amide bonds. The predicted molar refractivity (Wildman–Crippen MR) is 125 cm³/mol. The minimum absolute atomic E-state index is 0.0944. The number of ether oxygens (including phenoxy) is 1. The van der Waals surface area contributed by atoms with Gasteiger partial charge in [0, 0.05) is 48.9 Å². The number of methoxy groups -OCH3 is 1. The van der Waals surface area contributed by atoms with E-state index in [-0.39, 0.29) is 17.0 Å². The maximum absolute atomic E-state index is 12.6. The molecule has 8 nitrogen and oxygen atoms in total. The molecule has 1 aliphatic rings. The number of aromatic nitrogens is 2. The third-order valence-electron chi connectivity index (χ3n) is 5.16. The highest BCUT2D eigenvalue weighted by molar-refractivity contribution is 5.95. The van der Waals surface area contributed by atoms with E-state index in [0.717, 1.165) is 24.0 Å². The molecule has 162 valence electrons. The number of amides is 1. The van der Waals surface area contributed by atoms with Gasteiger partial charge in [-0.25, -0.2) is 4.68 Å². The minimum atomic E-state index is -0.281. The minimum Gasteiger partial charge on any atom is -0.494 e. The molecule has 0 atom stereocenters. The summed E-state index contributed by atoms with van der Waals surface area (Å²) in [5.74, 6) is 0.620. The maximum atomic E-state index is 12.6. The van der Waals surface area contributed by atoms with Gasteiger partial charge in [0.15, 0.2) is 5.69 Å². The Kier molecular flexibility index (Phi) is 6.12. The highest BCUT2D eigenvalue weighted by atomic mass is 16.5. The normalized spacial score (nSPS) is 13.8. The van der Waals surface area contributed by atoms with Gasteiger partial charge in [0.1, 0.15) is 11.4 Å². The molecule has 3 aromatic rings. The van der Waals surface area contributed by atoms with Crippen LogP contribution in [0.25, 0.3) is 11.4 Å². The molecule has 0 bridgehead atoms. The number of rotatable bonds is 7. The summed E-state index contributed by atoms with van der Waals surface area (Å²) >= 11 is 0. The van der Waals surface area contributed by atoms with Crippen molar-refractivity contribution in [2.75, 3.05) is 23.9 Å². The van der Waals surface area contributed by atoms with Crippen molar-refractivity contribution in [2.24, 2.45) is 0 Å². The van der Waals surface area contributed by atoms with Crippen LogP contribution in [0.2, 0.25) is 0 Å². The molecular formula is C24H23N5O3. The van der Waals surface area contributed by atoms with Crippen LogP contribution < -0.4 is 20.4 Å². The summed E-state index contributed by atoms with van der Waals surface area (Å²) in [5.41, 5.74) is 2.46. The second kappa shape index (κ2) is 9.30. The zero-order valence-corrected chi connectivity index (χ0v) is 17.6. The van der Waals surface area contributed by atoms with Crippen molar-refractivity contribution < 1.29 is 9.53 Å². The Morgan fingerprint density at radius 3 is 2.66 bits per heavy atom. The Hall–Kier alpha value is -4.20. The van der Waals surface area contributed by atoms with Gasteiger partial charge in [0.2, 0.25) is 11.3 Å². The Balaban J connectivity index is 1.73. The van der Waals surface area contributed by atoms with Crippen molar-refractivity contribution >= 4 is 29.2 Å². The highest BCUT2D eigenvalue weighted by Gasteiger charge is 2.23. The maximum Gasteiger partial charge on any atom is 0.227 e. The second-order valence-electron chi connectivity index (χ2n) is 7.22. The van der Waals surface area contributed by atoms with Crippen molar-refractivity contribution in [1.29, 1.82) is 5.41 Å². The molecule has 2 N–H and O–H groups in total. The topological polar surface area (TPSA) is 100 Å². The summed E-state index contributed by atoms with van der Waals surface area (Å²) in [6.07, 6.45) is 5.54. The quantitative estimate of drug-likeness (QED) is 0.560. The summed E-state index contributed by atoms with van der Waals surface area (Å²) in [6.45, 7) is 0.685. The van der Waals surface area contributed by atoms with E-state index in [2.05, 4.69) is 10.4 Å². The molecule has 0 saturated carbocycles. The molecule has 0 spiro atoms. The predicted octanol–water partition coefficient (Wildman–Crippen LogP) is 3.47. The number of carbonyl (C=O) groups is 1. The van der Waals surface area contributed by atoms with E-state index >= 15 is 0 Å². The zero-order valence-electron chi connectivity index (χ0n) is 17.6. The van der Waals surface area contributed by atoms with E-state index in [4.69, 9.17) is 10.1 Å². The zero-order chi connectivity index (χ0) is 22.5. The Bertz CT molecular complexity index is 1230. The van der Waals surface area contributed by atoms with Crippen LogP contribution in [0.3, 0.4) is 0 Å². The van der Waals surface area contributed by atoms with Gasteiger partial charge in [0.25, 0.3) is 0 Å². The van der Waals surface area contributed by atoms with E-state index in [1.54, 1.807) is 29.0 Å². The summed E-state index contributed by atoms with van der Waals surface area (Å²) in [5, 5.41) is 15.2. The molecule has 0 unspecified atom stereocenters. The van der Waals surface area contributed by atoms with Crippen LogP contribution in [-0.4, -0.2) is 35.6 Å². The molecule has 4 rings (SSSR count). The molecule has 2 aromatic carbocycles. The van der Waals surface area contributed by atoms with Crippen molar-refractivity contribution in [2.45, 2.75) is 12.8 Å². The first-order valence-corrected chi connectivity index (χ1v) is 10.2. The molecule has 0 aliphatic carbocycles. The van der Waals surface area contributed by atoms with Crippen LogP contribution in [0, 0.1) is 5.41 Å². The van der Waals surface area contributed by atoms with Crippen LogP contribution >= 0.6 is 0 Å². The van der Waals surface area contributed by atoms with Crippen LogP contribution in [0.15, 0.2) is 71.7 Å². The summed E-state index contributed by atoms with van der Waals surface area (Å²) in [7, 11) is 1.55. The fourth-order valence-electron chi connectivity index (χ4n) is 3.61. The van der Waals surface area contributed by atoms with Gasteiger partial charge in [-0.05, 0) is 36.8 Å². The summed E-state index contributed by atoms with van der Waals surface area (Å²) < 4.78 is 7.12. The molecule has 32 heavy (non-hydrogen) atoms. The smallest absolute Gasteiger partial charge is 0.227 e. The number of allylic oxidation sites excluding steroid dienone is 1. The highest BCUT2D eigenvalue weighted by Crippen LogP contribution is 2.30. The lowest BCUT2D eigenvalue weighted by Gasteiger charge is -2.19. The first kappa shape index (κ1) is 21.0. The Labute approximate surface area is 185 Å². The number of nitrogens with one attached hydrogen (secondary N) is 2. The third kappa shape index (κ3) is 4.29. The standard InChI is InChI=1S/C24H23N5O3/c1-32-22-16-18(28-14-5-8-23(28)31)9-10-20(22)29-15-12-21(30)24(27-29)19(11-13-25)26-17-6-3-2-4-7-17/h2-4,6-7,9-13,15-16,25-26H,5,8,14H2,1H3/b19-11-,25-13?. The molecule has 1 fully saturated rings. The van der Waals surface area contributed by atoms with Crippen LogP contribution in [0.4, 0.5) is 11.4 Å². The van der Waals surface area contributed by atoms with E-state index in [9.17, 15) is 9.59 Å². The van der Waals surface area contributed by atoms with Gasteiger partial charge in [-0.2, -0.15) is 5.10 Å². The van der Waals surface area contributed by atoms with Gasteiger partial charge < -0.3 is 20.4 Å². The molecule has 8 heteroatoms. The largest absolute Gasteiger partial charge is 0.494 e. The number of benzene rings is 2. The molecule has 1 aromatic heterocycles. The van der Waals surface area contributed by atoms with E-state index in [0.29, 0.717) is 30.1 Å². The first-order chi connectivity index (χ1) is 15.6. The lowest BCUT2D eigenvalue weighted by Crippen LogP contribution is -2.23.